The zero-order valence-corrected chi connectivity index (χ0v) is 23.4. The van der Waals surface area contributed by atoms with E-state index < -0.39 is 0 Å². The van der Waals surface area contributed by atoms with Crippen molar-refractivity contribution in [3.05, 3.63) is 89.0 Å². The number of ether oxygens (including phenoxy) is 1. The molecule has 3 nitrogen and oxygen atoms in total. The molecule has 1 aliphatic carbocycles. The van der Waals surface area contributed by atoms with Crippen LogP contribution < -0.4 is 10.1 Å². The summed E-state index contributed by atoms with van der Waals surface area (Å²) >= 11 is 0. The number of hydrogen-bond acceptors (Lipinski definition) is 2. The maximum Gasteiger partial charge on any atom is 0.225 e. The van der Waals surface area contributed by atoms with Gasteiger partial charge in [-0.1, -0.05) is 114 Å². The largest absolute Gasteiger partial charge is 0.457 e. The number of fused-ring (bicyclic) bond motifs is 2. The zero-order chi connectivity index (χ0) is 26.5. The van der Waals surface area contributed by atoms with Gasteiger partial charge in [0.2, 0.25) is 5.91 Å². The van der Waals surface area contributed by atoms with E-state index in [0.29, 0.717) is 6.42 Å². The molecular weight excluding hydrogens is 466 g/mol. The maximum absolute atomic E-state index is 13.6. The first-order valence-corrected chi connectivity index (χ1v) is 14.7. The smallest absolute Gasteiger partial charge is 0.225 e. The van der Waals surface area contributed by atoms with Crippen LogP contribution in [0.3, 0.4) is 0 Å². The highest BCUT2D eigenvalue weighted by Gasteiger charge is 2.29. The Labute approximate surface area is 229 Å². The molecule has 2 aliphatic rings. The molecule has 0 unspecified atom stereocenters. The Morgan fingerprint density at radius 2 is 1.53 bits per heavy atom. The van der Waals surface area contributed by atoms with Gasteiger partial charge in [0.05, 0.1) is 0 Å². The molecule has 0 radical (unpaired) electrons. The van der Waals surface area contributed by atoms with Crippen molar-refractivity contribution in [2.75, 3.05) is 5.32 Å². The van der Waals surface area contributed by atoms with Gasteiger partial charge in [0, 0.05) is 29.2 Å². The number of carbonyl (C=O) groups is 1. The quantitative estimate of drug-likeness (QED) is 0.307. The predicted molar refractivity (Wildman–Crippen MR) is 157 cm³/mol. The third-order valence-corrected chi connectivity index (χ3v) is 8.42. The number of benzene rings is 3. The van der Waals surface area contributed by atoms with Crippen LogP contribution in [-0.4, -0.2) is 5.91 Å². The number of aryl methyl sites for hydroxylation is 1. The van der Waals surface area contributed by atoms with Gasteiger partial charge in [0.15, 0.2) is 0 Å². The Bertz CT molecular complexity index is 1200. The minimum Gasteiger partial charge on any atom is -0.457 e. The normalized spacial score (nSPS) is 15.9. The Morgan fingerprint density at radius 3 is 2.18 bits per heavy atom. The van der Waals surface area contributed by atoms with Gasteiger partial charge in [-0.05, 0) is 53.5 Å². The second kappa shape index (κ2) is 11.8. The van der Waals surface area contributed by atoms with Crippen molar-refractivity contribution < 1.29 is 9.53 Å². The van der Waals surface area contributed by atoms with Crippen molar-refractivity contribution in [3.8, 4) is 11.5 Å². The molecule has 200 valence electrons. The van der Waals surface area contributed by atoms with Crippen LogP contribution in [0.1, 0.15) is 107 Å². The molecule has 0 saturated heterocycles. The summed E-state index contributed by atoms with van der Waals surface area (Å²) in [5.74, 6) is 2.64. The second-order valence-corrected chi connectivity index (χ2v) is 12.4. The summed E-state index contributed by atoms with van der Waals surface area (Å²) in [5, 5.41) is 3.33. The monoisotopic (exact) mass is 509 g/mol. The lowest BCUT2D eigenvalue weighted by atomic mass is 9.83. The summed E-state index contributed by atoms with van der Waals surface area (Å²) in [5.41, 5.74) is 5.55. The van der Waals surface area contributed by atoms with Gasteiger partial charge in [-0.25, -0.2) is 0 Å². The maximum atomic E-state index is 13.6. The van der Waals surface area contributed by atoms with Gasteiger partial charge in [-0.3, -0.25) is 4.79 Å². The van der Waals surface area contributed by atoms with Crippen molar-refractivity contribution in [3.63, 3.8) is 0 Å². The number of amides is 1. The van der Waals surface area contributed by atoms with E-state index in [1.54, 1.807) is 0 Å². The van der Waals surface area contributed by atoms with Gasteiger partial charge in [-0.2, -0.15) is 0 Å². The Hall–Kier alpha value is -3.07. The molecule has 1 fully saturated rings. The number of carbonyl (C=O) groups excluding carboxylic acids is 1. The number of nitrogens with one attached hydrogen (secondary N) is 1. The summed E-state index contributed by atoms with van der Waals surface area (Å²) in [4.78, 5) is 13.6. The lowest BCUT2D eigenvalue weighted by molar-refractivity contribution is -0.116. The molecule has 1 N–H and O–H groups in total. The van der Waals surface area contributed by atoms with Crippen molar-refractivity contribution in [1.29, 1.82) is 0 Å². The SMILES string of the molecule is CC(C)(C)c1ccc(CCCCC2CCCCC2)cc1NC(=O)CC1c2ccccc2Oc2ccccc21. The van der Waals surface area contributed by atoms with Gasteiger partial charge in [0.25, 0.3) is 0 Å². The lowest BCUT2D eigenvalue weighted by Crippen LogP contribution is -2.22. The molecule has 3 aromatic carbocycles. The predicted octanol–water partition coefficient (Wildman–Crippen LogP) is 9.54. The van der Waals surface area contributed by atoms with E-state index in [4.69, 9.17) is 4.74 Å². The molecule has 0 spiro atoms. The fourth-order valence-corrected chi connectivity index (χ4v) is 6.36. The Kier molecular flexibility index (Phi) is 8.21. The van der Waals surface area contributed by atoms with Gasteiger partial charge in [-0.15, -0.1) is 0 Å². The molecule has 0 bridgehead atoms. The molecule has 3 aromatic rings. The van der Waals surface area contributed by atoms with Gasteiger partial charge < -0.3 is 10.1 Å². The van der Waals surface area contributed by atoms with Gasteiger partial charge in [0.1, 0.15) is 11.5 Å². The van der Waals surface area contributed by atoms with Crippen LogP contribution in [0.4, 0.5) is 5.69 Å². The van der Waals surface area contributed by atoms with Crippen LogP contribution in [0.25, 0.3) is 0 Å². The summed E-state index contributed by atoms with van der Waals surface area (Å²) in [6.07, 6.45) is 12.5. The fourth-order valence-electron chi connectivity index (χ4n) is 6.36. The van der Waals surface area contributed by atoms with Crippen molar-refractivity contribution in [2.24, 2.45) is 5.92 Å². The molecule has 1 saturated carbocycles. The Balaban J connectivity index is 1.29. The lowest BCUT2D eigenvalue weighted by Gasteiger charge is -2.28. The molecule has 5 rings (SSSR count). The van der Waals surface area contributed by atoms with Crippen molar-refractivity contribution in [1.82, 2.24) is 0 Å². The molecule has 0 aromatic heterocycles. The molecule has 3 heteroatoms. The highest BCUT2D eigenvalue weighted by Crippen LogP contribution is 2.45. The minimum absolute atomic E-state index is 0.0304. The highest BCUT2D eigenvalue weighted by molar-refractivity contribution is 5.93. The third kappa shape index (κ3) is 6.31. The molecule has 0 atom stereocenters. The second-order valence-electron chi connectivity index (χ2n) is 12.4. The van der Waals surface area contributed by atoms with Crippen LogP contribution in [0.15, 0.2) is 66.7 Å². The van der Waals surface area contributed by atoms with Crippen LogP contribution in [0.2, 0.25) is 0 Å². The summed E-state index contributed by atoms with van der Waals surface area (Å²) in [7, 11) is 0. The summed E-state index contributed by atoms with van der Waals surface area (Å²) in [6.45, 7) is 6.65. The van der Waals surface area contributed by atoms with E-state index in [-0.39, 0.29) is 17.2 Å². The van der Waals surface area contributed by atoms with E-state index in [0.717, 1.165) is 40.7 Å². The number of hydrogen-bond donors (Lipinski definition) is 1. The average molecular weight is 510 g/mol. The summed E-state index contributed by atoms with van der Waals surface area (Å²) < 4.78 is 6.14. The van der Waals surface area contributed by atoms with Crippen molar-refractivity contribution in [2.45, 2.75) is 96.3 Å². The highest BCUT2D eigenvalue weighted by atomic mass is 16.5. The van der Waals surface area contributed by atoms with E-state index in [1.807, 2.05) is 36.4 Å². The van der Waals surface area contributed by atoms with Crippen molar-refractivity contribution >= 4 is 11.6 Å². The van der Waals surface area contributed by atoms with E-state index in [9.17, 15) is 4.79 Å². The van der Waals surface area contributed by atoms with E-state index >= 15 is 0 Å². The Morgan fingerprint density at radius 1 is 0.868 bits per heavy atom. The number of rotatable bonds is 8. The first-order valence-electron chi connectivity index (χ1n) is 14.7. The van der Waals surface area contributed by atoms with Crippen LogP contribution >= 0.6 is 0 Å². The first-order chi connectivity index (χ1) is 18.4. The minimum atomic E-state index is -0.0556. The number of para-hydroxylation sites is 2. The van der Waals surface area contributed by atoms with Gasteiger partial charge >= 0.3 is 0 Å². The summed E-state index contributed by atoms with van der Waals surface area (Å²) in [6, 6.07) is 22.9. The van der Waals surface area contributed by atoms with E-state index in [1.165, 1.54) is 62.5 Å². The van der Waals surface area contributed by atoms with Crippen LogP contribution in [0, 0.1) is 5.92 Å². The fraction of sp³-hybridized carbons (Fsp3) is 0.457. The third-order valence-electron chi connectivity index (χ3n) is 8.42. The average Bonchev–Trinajstić information content (AvgIpc) is 2.91. The molecule has 1 aliphatic heterocycles. The zero-order valence-electron chi connectivity index (χ0n) is 23.4. The molecular formula is C35H43NO2. The first kappa shape index (κ1) is 26.5. The van der Waals surface area contributed by atoms with Crippen LogP contribution in [-0.2, 0) is 16.6 Å². The standard InChI is InChI=1S/C35H43NO2/c1-35(2,3)30-22-21-26(16-8-7-15-25-13-5-4-6-14-25)23-31(30)36-34(37)24-29-27-17-9-11-19-32(27)38-33-20-12-10-18-28(29)33/h9-12,17-23,25,29H,4-8,13-16,24H2,1-3H3,(H,36,37). The van der Waals surface area contributed by atoms with E-state index in [2.05, 4.69) is 56.4 Å². The van der Waals surface area contributed by atoms with Crippen LogP contribution in [0.5, 0.6) is 11.5 Å². The number of anilines is 1. The molecule has 1 amide bonds. The molecule has 1 heterocycles. The topological polar surface area (TPSA) is 38.3 Å². The molecule has 38 heavy (non-hydrogen) atoms. The number of unbranched alkanes of at least 4 members (excludes halogenated alkanes) is 1.